The van der Waals surface area contributed by atoms with Crippen molar-refractivity contribution in [3.8, 4) is 5.82 Å². The van der Waals surface area contributed by atoms with E-state index in [4.69, 9.17) is 4.52 Å². The summed E-state index contributed by atoms with van der Waals surface area (Å²) in [5.74, 6) is 2.24. The van der Waals surface area contributed by atoms with Gasteiger partial charge in [-0.25, -0.2) is 9.97 Å². The van der Waals surface area contributed by atoms with Gasteiger partial charge in [-0.05, 0) is 44.5 Å². The van der Waals surface area contributed by atoms with Crippen molar-refractivity contribution in [2.45, 2.75) is 20.8 Å². The van der Waals surface area contributed by atoms with Crippen LogP contribution in [0.2, 0.25) is 0 Å². The minimum Gasteiger partial charge on any atom is -0.360 e. The first-order chi connectivity index (χ1) is 14.0. The fraction of sp³-hybridized carbons (Fsp3) is 0.333. The second kappa shape index (κ2) is 7.90. The predicted molar refractivity (Wildman–Crippen MR) is 110 cm³/mol. The van der Waals surface area contributed by atoms with Crippen molar-refractivity contribution in [1.29, 1.82) is 0 Å². The number of aryl methyl sites for hydroxylation is 2. The van der Waals surface area contributed by atoms with E-state index in [2.05, 4.69) is 20.0 Å². The zero-order chi connectivity index (χ0) is 20.4. The van der Waals surface area contributed by atoms with E-state index in [1.54, 1.807) is 24.5 Å². The number of nitrogens with zero attached hydrogens (tertiary/aromatic N) is 6. The van der Waals surface area contributed by atoms with Crippen molar-refractivity contribution in [3.05, 3.63) is 59.4 Å². The molecule has 4 rings (SSSR count). The lowest BCUT2D eigenvalue weighted by atomic mass is 10.2. The molecule has 0 saturated carbocycles. The lowest BCUT2D eigenvalue weighted by Gasteiger charge is -2.34. The van der Waals surface area contributed by atoms with Crippen LogP contribution < -0.4 is 4.90 Å². The van der Waals surface area contributed by atoms with E-state index in [0.717, 1.165) is 41.6 Å². The highest BCUT2D eigenvalue weighted by Crippen LogP contribution is 2.22. The second-order valence-electron chi connectivity index (χ2n) is 7.15. The summed E-state index contributed by atoms with van der Waals surface area (Å²) in [5, 5.41) is 4.10. The number of hydrogen-bond acceptors (Lipinski definition) is 6. The molecule has 0 N–H and O–H groups in total. The molecule has 0 bridgehead atoms. The molecule has 0 unspecified atom stereocenters. The van der Waals surface area contributed by atoms with Gasteiger partial charge in [-0.15, -0.1) is 0 Å². The van der Waals surface area contributed by atoms with Crippen molar-refractivity contribution < 1.29 is 9.32 Å². The van der Waals surface area contributed by atoms with Gasteiger partial charge in [-0.1, -0.05) is 5.16 Å². The van der Waals surface area contributed by atoms with E-state index in [0.29, 0.717) is 19.0 Å². The Morgan fingerprint density at radius 2 is 1.79 bits per heavy atom. The third-order valence-electron chi connectivity index (χ3n) is 5.15. The topological polar surface area (TPSA) is 80.3 Å². The van der Waals surface area contributed by atoms with Crippen LogP contribution >= 0.6 is 0 Å². The van der Waals surface area contributed by atoms with Crippen molar-refractivity contribution in [2.24, 2.45) is 0 Å². The number of piperazine rings is 1. The Morgan fingerprint density at radius 3 is 2.45 bits per heavy atom. The Balaban J connectivity index is 1.42. The van der Waals surface area contributed by atoms with E-state index in [-0.39, 0.29) is 5.91 Å². The van der Waals surface area contributed by atoms with Crippen LogP contribution in [0.3, 0.4) is 0 Å². The smallest absolute Gasteiger partial charge is 0.246 e. The lowest BCUT2D eigenvalue weighted by molar-refractivity contribution is -0.126. The van der Waals surface area contributed by atoms with Gasteiger partial charge in [0.25, 0.3) is 0 Å². The molecule has 150 valence electrons. The molecule has 3 aromatic rings. The molecule has 1 amide bonds. The van der Waals surface area contributed by atoms with Crippen LogP contribution in [0, 0.1) is 20.8 Å². The summed E-state index contributed by atoms with van der Waals surface area (Å²) in [4.78, 5) is 25.2. The number of carbonyl (C=O) groups is 1. The number of aromatic nitrogens is 4. The first-order valence-electron chi connectivity index (χ1n) is 9.64. The molecule has 1 aliphatic heterocycles. The first-order valence-corrected chi connectivity index (χ1v) is 9.64. The van der Waals surface area contributed by atoms with Gasteiger partial charge in [0, 0.05) is 62.1 Å². The van der Waals surface area contributed by atoms with Crippen LogP contribution in [0.15, 0.2) is 41.2 Å². The summed E-state index contributed by atoms with van der Waals surface area (Å²) >= 11 is 0. The molecule has 1 saturated heterocycles. The third kappa shape index (κ3) is 3.91. The fourth-order valence-corrected chi connectivity index (χ4v) is 3.62. The molecule has 4 heterocycles. The van der Waals surface area contributed by atoms with Crippen LogP contribution in [-0.4, -0.2) is 56.7 Å². The van der Waals surface area contributed by atoms with E-state index in [1.165, 1.54) is 0 Å². The average Bonchev–Trinajstić information content (AvgIpc) is 3.28. The lowest BCUT2D eigenvalue weighted by Crippen LogP contribution is -2.48. The van der Waals surface area contributed by atoms with E-state index in [9.17, 15) is 4.79 Å². The standard InChI is InChI=1S/C21H24N6O2/c1-15-13-18(17(3)27(15)19-14-16(2)29-24-19)5-6-20(28)25-9-11-26(12-10-25)21-22-7-4-8-23-21/h4-8,13-14H,9-12H2,1-3H3/b6-5+. The monoisotopic (exact) mass is 392 g/mol. The Morgan fingerprint density at radius 1 is 1.07 bits per heavy atom. The van der Waals surface area contributed by atoms with Crippen LogP contribution in [0.4, 0.5) is 5.95 Å². The predicted octanol–water partition coefficient (Wildman–Crippen LogP) is 2.54. The van der Waals surface area contributed by atoms with Crippen LogP contribution in [0.25, 0.3) is 11.9 Å². The Labute approximate surface area is 169 Å². The fourth-order valence-electron chi connectivity index (χ4n) is 3.62. The van der Waals surface area contributed by atoms with Gasteiger partial charge in [0.05, 0.1) is 0 Å². The maximum Gasteiger partial charge on any atom is 0.246 e. The van der Waals surface area contributed by atoms with Crippen LogP contribution in [-0.2, 0) is 4.79 Å². The first kappa shape index (κ1) is 18.9. The van der Waals surface area contributed by atoms with Gasteiger partial charge in [0.15, 0.2) is 5.82 Å². The number of amides is 1. The molecule has 0 aliphatic carbocycles. The van der Waals surface area contributed by atoms with Crippen molar-refractivity contribution in [1.82, 2.24) is 24.6 Å². The molecule has 1 fully saturated rings. The molecular weight excluding hydrogens is 368 g/mol. The minimum absolute atomic E-state index is 0.0145. The van der Waals surface area contributed by atoms with Gasteiger partial charge >= 0.3 is 0 Å². The normalized spacial score (nSPS) is 14.7. The molecule has 8 heteroatoms. The highest BCUT2D eigenvalue weighted by Gasteiger charge is 2.21. The molecule has 8 nitrogen and oxygen atoms in total. The zero-order valence-electron chi connectivity index (χ0n) is 16.9. The van der Waals surface area contributed by atoms with Gasteiger partial charge in [-0.3, -0.25) is 9.36 Å². The maximum absolute atomic E-state index is 12.6. The van der Waals surface area contributed by atoms with E-state index < -0.39 is 0 Å². The molecular formula is C21H24N6O2. The number of anilines is 1. The minimum atomic E-state index is 0.0145. The van der Waals surface area contributed by atoms with E-state index in [1.807, 2.05) is 48.4 Å². The second-order valence-corrected chi connectivity index (χ2v) is 7.15. The number of carbonyl (C=O) groups excluding carboxylic acids is 1. The largest absolute Gasteiger partial charge is 0.360 e. The number of hydrogen-bond donors (Lipinski definition) is 0. The summed E-state index contributed by atoms with van der Waals surface area (Å²) in [6.45, 7) is 8.65. The molecule has 29 heavy (non-hydrogen) atoms. The van der Waals surface area contributed by atoms with Gasteiger partial charge in [0.2, 0.25) is 11.9 Å². The van der Waals surface area contributed by atoms with Crippen LogP contribution in [0.5, 0.6) is 0 Å². The zero-order valence-corrected chi connectivity index (χ0v) is 16.9. The quantitative estimate of drug-likeness (QED) is 0.635. The average molecular weight is 392 g/mol. The van der Waals surface area contributed by atoms with Crippen molar-refractivity contribution in [2.75, 3.05) is 31.1 Å². The Kier molecular flexibility index (Phi) is 5.16. The van der Waals surface area contributed by atoms with Gasteiger partial charge < -0.3 is 14.3 Å². The van der Waals surface area contributed by atoms with Crippen LogP contribution in [0.1, 0.15) is 22.7 Å². The molecule has 0 radical (unpaired) electrons. The maximum atomic E-state index is 12.6. The Hall–Kier alpha value is -3.42. The van der Waals surface area contributed by atoms with E-state index >= 15 is 0 Å². The summed E-state index contributed by atoms with van der Waals surface area (Å²) in [6, 6.07) is 5.75. The summed E-state index contributed by atoms with van der Waals surface area (Å²) in [7, 11) is 0. The molecule has 0 spiro atoms. The summed E-state index contributed by atoms with van der Waals surface area (Å²) in [6.07, 6.45) is 6.99. The Bertz CT molecular complexity index is 1030. The highest BCUT2D eigenvalue weighted by atomic mass is 16.5. The van der Waals surface area contributed by atoms with Gasteiger partial charge in [0.1, 0.15) is 5.76 Å². The third-order valence-corrected chi connectivity index (χ3v) is 5.15. The van der Waals surface area contributed by atoms with Gasteiger partial charge in [-0.2, -0.15) is 0 Å². The molecule has 0 aromatic carbocycles. The number of rotatable bonds is 4. The van der Waals surface area contributed by atoms with Crippen molar-refractivity contribution >= 4 is 17.9 Å². The highest BCUT2D eigenvalue weighted by molar-refractivity contribution is 5.92. The summed E-state index contributed by atoms with van der Waals surface area (Å²) < 4.78 is 7.22. The molecule has 3 aromatic heterocycles. The summed E-state index contributed by atoms with van der Waals surface area (Å²) in [5.41, 5.74) is 3.05. The SMILES string of the molecule is Cc1cc(-n2c(C)cc(/C=C/C(=O)N3CCN(c4ncccn4)CC3)c2C)no1. The molecule has 1 aliphatic rings. The van der Waals surface area contributed by atoms with Crippen molar-refractivity contribution in [3.63, 3.8) is 0 Å². The molecule has 0 atom stereocenters.